The summed E-state index contributed by atoms with van der Waals surface area (Å²) in [5.41, 5.74) is 0. The van der Waals surface area contributed by atoms with Gasteiger partial charge in [-0.1, -0.05) is 0 Å². The second-order valence-corrected chi connectivity index (χ2v) is 26.0. The van der Waals surface area contributed by atoms with Crippen LogP contribution in [0.4, 0.5) is 0 Å². The van der Waals surface area contributed by atoms with Crippen LogP contribution in [0.3, 0.4) is 0 Å². The van der Waals surface area contributed by atoms with E-state index < -0.39 is 56.9 Å². The molecule has 0 N–H and O–H groups in total. The van der Waals surface area contributed by atoms with Crippen LogP contribution in [0.15, 0.2) is 0 Å². The van der Waals surface area contributed by atoms with E-state index in [2.05, 4.69) is 0 Å². The van der Waals surface area contributed by atoms with Crippen molar-refractivity contribution in [2.24, 2.45) is 0 Å². The Hall–Kier alpha value is -4.53. The summed E-state index contributed by atoms with van der Waals surface area (Å²) in [7, 11) is 0. The third-order valence-corrected chi connectivity index (χ3v) is 18.5. The quantitative estimate of drug-likeness (QED) is 0.379. The average molecular weight is 395 g/mol. The fraction of sp³-hybridized carbons (Fsp3) is 0. The van der Waals surface area contributed by atoms with Crippen LogP contribution >= 0.6 is 0 Å². The molecule has 0 aromatic rings. The van der Waals surface area contributed by atoms with Crippen molar-refractivity contribution < 1.29 is 56.6 Å². The van der Waals surface area contributed by atoms with E-state index in [-0.39, 0.29) is 0 Å². The van der Waals surface area contributed by atoms with E-state index in [9.17, 15) is 57.5 Å². The zero-order chi connectivity index (χ0) is 20.8. The fourth-order valence-corrected chi connectivity index (χ4v) is 3.78. The Morgan fingerprint density at radius 1 is 0.240 bits per heavy atom. The molecule has 0 unspecified atom stereocenters. The van der Waals surface area contributed by atoms with Gasteiger partial charge in [-0.15, -0.1) is 0 Å². The van der Waals surface area contributed by atoms with Gasteiger partial charge in [-0.3, -0.25) is 0 Å². The zero-order valence-corrected chi connectivity index (χ0v) is 12.3. The molecular formula is C12CoO12. The summed E-state index contributed by atoms with van der Waals surface area (Å²) in [6.07, 6.45) is 0. The Balaban J connectivity index is 21.2. The van der Waals surface area contributed by atoms with Crippen molar-refractivity contribution in [3.63, 3.8) is 0 Å². The molecule has 0 aliphatic carbocycles. The molecule has 129 valence electrons. The molecule has 13 heteroatoms. The predicted molar refractivity (Wildman–Crippen MR) is 68.3 cm³/mol. The van der Waals surface area contributed by atoms with Crippen LogP contribution in [0.25, 0.3) is 0 Å². The molecule has 0 rings (SSSR count). The summed E-state index contributed by atoms with van der Waals surface area (Å²) in [5.74, 6) is 0. The molecule has 0 atom stereocenters. The third kappa shape index (κ3) is 0.366. The van der Waals surface area contributed by atoms with Crippen molar-refractivity contribution in [3.8, 4) is 0 Å². The molecule has 0 aromatic carbocycles. The fourth-order valence-electron chi connectivity index (χ4n) is 0.917. The van der Waals surface area contributed by atoms with Crippen LogP contribution in [-0.2, 0) is 56.6 Å². The van der Waals surface area contributed by atoms with Gasteiger partial charge in [0.1, 0.15) is 0 Å². The standard InChI is InChI=1S/12CO.Co/c12*1-2;. The number of carbonyl (C=O) groups excluding carboxylic acids is 12. The second kappa shape index (κ2) is 1.23. The maximum absolute atomic E-state index is 15.4. The van der Waals surface area contributed by atoms with Crippen LogP contribution in [0.5, 0.6) is 0 Å². The monoisotopic (exact) mass is 395 g/mol. The Morgan fingerprint density at radius 3 is 0.320 bits per heavy atom. The second-order valence-electron chi connectivity index (χ2n) is 6.32. The number of rotatable bonds is 0. The summed E-state index contributed by atoms with van der Waals surface area (Å²) in [6.45, 7) is 0. The zero-order valence-electron chi connectivity index (χ0n) is 11.2. The topological polar surface area (TPSA) is 205 Å². The Kier molecular flexibility index (Phi) is 1.01. The van der Waals surface area contributed by atoms with Crippen molar-refractivity contribution in [1.82, 2.24) is 0 Å². The molecule has 25 heavy (non-hydrogen) atoms. The first-order valence-corrected chi connectivity index (χ1v) is 10.7. The summed E-state index contributed by atoms with van der Waals surface area (Å²) in [6, 6.07) is 0. The molecule has 0 saturated carbocycles. The van der Waals surface area contributed by atoms with Gasteiger partial charge in [-0.05, 0) is 0 Å². The van der Waals surface area contributed by atoms with E-state index in [4.69, 9.17) is 0 Å². The number of hydrogen-bond donors (Lipinski definition) is 0. The van der Waals surface area contributed by atoms with Crippen LogP contribution in [0.1, 0.15) is 0 Å². The van der Waals surface area contributed by atoms with E-state index in [0.29, 0.717) is 0 Å². The van der Waals surface area contributed by atoms with Gasteiger partial charge >= 0.3 is 114 Å². The Morgan fingerprint density at radius 2 is 0.320 bits per heavy atom. The molecule has 0 spiro atoms. The van der Waals surface area contributed by atoms with Crippen molar-refractivity contribution >= 4 is 57.9 Å². The summed E-state index contributed by atoms with van der Waals surface area (Å²) in [5, 5.41) is 0. The van der Waals surface area contributed by atoms with Crippen molar-refractivity contribution in [3.05, 3.63) is 0 Å². The minimum atomic E-state index is -15.4. The summed E-state index contributed by atoms with van der Waals surface area (Å²) < 4.78 is -15.4. The van der Waals surface area contributed by atoms with E-state index in [0.717, 1.165) is 0 Å². The number of hydrogen-bond acceptors (Lipinski definition) is 12. The molecule has 0 bridgehead atoms. The van der Waals surface area contributed by atoms with Crippen molar-refractivity contribution in [1.29, 1.82) is 0 Å². The summed E-state index contributed by atoms with van der Waals surface area (Å²) >= 11 is 0. The average Bonchev–Trinajstić information content (AvgIpc) is 2.79. The third-order valence-electron chi connectivity index (χ3n) is 4.49. The van der Waals surface area contributed by atoms with Crippen LogP contribution in [-0.4, -0.2) is 57.9 Å². The van der Waals surface area contributed by atoms with Gasteiger partial charge in [-0.2, -0.15) is 0 Å². The molecule has 12 nitrogen and oxygen atoms in total. The van der Waals surface area contributed by atoms with Crippen molar-refractivity contribution in [2.75, 3.05) is 0 Å². The molecule has 0 radical (unpaired) electrons. The molecule has 0 aliphatic rings. The van der Waals surface area contributed by atoms with E-state index >= 15 is 0 Å². The van der Waals surface area contributed by atoms with Crippen LogP contribution in [0, 0.1) is 0 Å². The normalized spacial score (nSPS) is 25.9. The minimum absolute atomic E-state index is 1.16. The van der Waals surface area contributed by atoms with E-state index in [1.165, 1.54) is 0 Å². The molecule has 0 aromatic heterocycles. The molecular weight excluding hydrogens is 395 g/mol. The first-order valence-electron chi connectivity index (χ1n) is 4.45. The predicted octanol–water partition coefficient (Wildman–Crippen LogP) is -4.77. The van der Waals surface area contributed by atoms with Gasteiger partial charge in [0.05, 0.1) is 0 Å². The Labute approximate surface area is 115 Å². The molecule has 0 amide bonds. The van der Waals surface area contributed by atoms with Gasteiger partial charge in [-0.25, -0.2) is 0 Å². The molecule has 0 saturated heterocycles. The van der Waals surface area contributed by atoms with Gasteiger partial charge in [0.15, 0.2) is 0 Å². The molecule has 0 heterocycles. The molecule has 0 aliphatic heterocycles. The summed E-state index contributed by atoms with van der Waals surface area (Å²) in [4.78, 5) is 130. The van der Waals surface area contributed by atoms with Crippen LogP contribution < -0.4 is 0 Å². The van der Waals surface area contributed by atoms with E-state index in [1.54, 1.807) is 0 Å². The van der Waals surface area contributed by atoms with Gasteiger partial charge in [0, 0.05) is 0 Å². The van der Waals surface area contributed by atoms with E-state index in [1.807, 2.05) is 0 Å². The first kappa shape index (κ1) is 20.5. The van der Waals surface area contributed by atoms with Gasteiger partial charge in [0.25, 0.3) is 0 Å². The maximum atomic E-state index is 12.0. The van der Waals surface area contributed by atoms with Crippen molar-refractivity contribution in [2.45, 2.75) is 0 Å². The first-order chi connectivity index (χ1) is 10.9. The SMILES string of the molecule is O=[C]=[Co](=[C]=O)(=[C]=O)(=[C]=O)(=[C]=O)(=[C]=O)(=[C]=O)(=[C]=O)(=[C]=O)(=[C]=O)(=[C]=O)=[C]=O. The molecule has 0 fully saturated rings. The van der Waals surface area contributed by atoms with Gasteiger partial charge in [0.2, 0.25) is 0 Å². The Bertz CT molecular complexity index is 3190. The van der Waals surface area contributed by atoms with Gasteiger partial charge < -0.3 is 0 Å². The van der Waals surface area contributed by atoms with Crippen LogP contribution in [0.2, 0.25) is 0 Å².